The zero-order valence-corrected chi connectivity index (χ0v) is 18.1. The van der Waals surface area contributed by atoms with Gasteiger partial charge in [-0.3, -0.25) is 19.3 Å². The Balaban J connectivity index is 1.41. The normalized spacial score (nSPS) is 12.9. The number of nitrogens with one attached hydrogen (secondary N) is 1. The summed E-state index contributed by atoms with van der Waals surface area (Å²) in [7, 11) is 3.18. The van der Waals surface area contributed by atoms with Crippen LogP contribution < -0.4 is 14.8 Å². The highest BCUT2D eigenvalue weighted by Gasteiger charge is 2.28. The van der Waals surface area contributed by atoms with Gasteiger partial charge in [0.1, 0.15) is 17.2 Å². The molecule has 0 saturated heterocycles. The Kier molecular flexibility index (Phi) is 6.34. The van der Waals surface area contributed by atoms with Gasteiger partial charge in [-0.1, -0.05) is 6.07 Å². The van der Waals surface area contributed by atoms with Crippen molar-refractivity contribution in [3.05, 3.63) is 71.3 Å². The van der Waals surface area contributed by atoms with Crippen LogP contribution in [0.15, 0.2) is 48.7 Å². The van der Waals surface area contributed by atoms with Crippen molar-refractivity contribution in [1.29, 1.82) is 0 Å². The van der Waals surface area contributed by atoms with Crippen molar-refractivity contribution in [3.63, 3.8) is 0 Å². The van der Waals surface area contributed by atoms with Gasteiger partial charge in [0.15, 0.2) is 5.69 Å². The highest BCUT2D eigenvalue weighted by molar-refractivity contribution is 5.98. The van der Waals surface area contributed by atoms with E-state index in [1.165, 1.54) is 0 Å². The fourth-order valence-electron chi connectivity index (χ4n) is 3.62. The van der Waals surface area contributed by atoms with Crippen LogP contribution in [0.3, 0.4) is 0 Å². The Morgan fingerprint density at radius 3 is 2.56 bits per heavy atom. The SMILES string of the molecule is COc1cc(CN2CCn3nc(C(=O)NCCc4ccccn4)cc3C2=O)cc(OC)c1. The minimum Gasteiger partial charge on any atom is -0.497 e. The number of hydrogen-bond acceptors (Lipinski definition) is 6. The van der Waals surface area contributed by atoms with Crippen molar-refractivity contribution in [1.82, 2.24) is 25.0 Å². The zero-order chi connectivity index (χ0) is 22.5. The lowest BCUT2D eigenvalue weighted by atomic mass is 10.1. The number of ether oxygens (including phenoxy) is 2. The first-order valence-corrected chi connectivity index (χ1v) is 10.3. The number of fused-ring (bicyclic) bond motifs is 1. The number of carbonyl (C=O) groups excluding carboxylic acids is 2. The summed E-state index contributed by atoms with van der Waals surface area (Å²) >= 11 is 0. The smallest absolute Gasteiger partial charge is 0.272 e. The average Bonchev–Trinajstić information content (AvgIpc) is 3.27. The predicted molar refractivity (Wildman–Crippen MR) is 117 cm³/mol. The van der Waals surface area contributed by atoms with Crippen LogP contribution in [0, 0.1) is 0 Å². The number of carbonyl (C=O) groups is 2. The van der Waals surface area contributed by atoms with Crippen LogP contribution in [-0.2, 0) is 19.5 Å². The molecule has 0 fully saturated rings. The van der Waals surface area contributed by atoms with E-state index in [0.717, 1.165) is 11.3 Å². The molecular formula is C23H25N5O4. The molecule has 0 aliphatic carbocycles. The summed E-state index contributed by atoms with van der Waals surface area (Å²) in [4.78, 5) is 31.5. The van der Waals surface area contributed by atoms with E-state index in [1.54, 1.807) is 42.1 Å². The van der Waals surface area contributed by atoms with E-state index in [2.05, 4.69) is 15.4 Å². The average molecular weight is 435 g/mol. The highest BCUT2D eigenvalue weighted by Crippen LogP contribution is 2.25. The number of amides is 2. The number of rotatable bonds is 8. The van der Waals surface area contributed by atoms with Crippen LogP contribution in [-0.4, -0.2) is 58.8 Å². The standard InChI is InChI=1S/C23H25N5O4/c1-31-18-11-16(12-19(13-18)32-2)15-27-9-10-28-21(23(27)30)14-20(26-28)22(29)25-8-6-17-5-3-4-7-24-17/h3-5,7,11-14H,6,8-10,15H2,1-2H3,(H,25,29). The maximum atomic E-state index is 13.0. The summed E-state index contributed by atoms with van der Waals surface area (Å²) in [6.45, 7) is 1.86. The van der Waals surface area contributed by atoms with Gasteiger partial charge in [0.25, 0.3) is 11.8 Å². The number of methoxy groups -OCH3 is 2. The molecule has 0 unspecified atom stereocenters. The van der Waals surface area contributed by atoms with E-state index < -0.39 is 0 Å². The van der Waals surface area contributed by atoms with Crippen molar-refractivity contribution in [2.24, 2.45) is 0 Å². The Bertz CT molecular complexity index is 1090. The second-order valence-electron chi connectivity index (χ2n) is 7.41. The predicted octanol–water partition coefficient (Wildman–Crippen LogP) is 1.92. The molecule has 0 saturated carbocycles. The lowest BCUT2D eigenvalue weighted by molar-refractivity contribution is 0.0682. The van der Waals surface area contributed by atoms with E-state index >= 15 is 0 Å². The first-order valence-electron chi connectivity index (χ1n) is 10.3. The molecule has 32 heavy (non-hydrogen) atoms. The Labute approximate surface area is 186 Å². The second-order valence-corrected chi connectivity index (χ2v) is 7.41. The number of pyridine rings is 1. The Morgan fingerprint density at radius 1 is 1.09 bits per heavy atom. The molecule has 2 amide bonds. The molecule has 0 radical (unpaired) electrons. The van der Waals surface area contributed by atoms with Gasteiger partial charge < -0.3 is 19.7 Å². The molecule has 2 aromatic heterocycles. The summed E-state index contributed by atoms with van der Waals surface area (Å²) in [5.74, 6) is 0.856. The molecule has 0 atom stereocenters. The van der Waals surface area contributed by atoms with E-state index in [0.29, 0.717) is 49.8 Å². The highest BCUT2D eigenvalue weighted by atomic mass is 16.5. The molecule has 1 aliphatic rings. The fraction of sp³-hybridized carbons (Fsp3) is 0.304. The number of nitrogens with zero attached hydrogens (tertiary/aromatic N) is 4. The third kappa shape index (κ3) is 4.72. The van der Waals surface area contributed by atoms with Gasteiger partial charge in [-0.25, -0.2) is 0 Å². The van der Waals surface area contributed by atoms with Gasteiger partial charge in [-0.05, 0) is 29.8 Å². The molecular weight excluding hydrogens is 410 g/mol. The fourth-order valence-corrected chi connectivity index (χ4v) is 3.62. The number of benzene rings is 1. The van der Waals surface area contributed by atoms with Crippen LogP contribution in [0.2, 0.25) is 0 Å². The van der Waals surface area contributed by atoms with Gasteiger partial charge >= 0.3 is 0 Å². The summed E-state index contributed by atoms with van der Waals surface area (Å²) in [6, 6.07) is 12.8. The van der Waals surface area contributed by atoms with Crippen molar-refractivity contribution < 1.29 is 19.1 Å². The molecule has 4 rings (SSSR count). The molecule has 3 heterocycles. The Hall–Kier alpha value is -3.88. The van der Waals surface area contributed by atoms with Crippen LogP contribution in [0.1, 0.15) is 32.2 Å². The molecule has 1 N–H and O–H groups in total. The zero-order valence-electron chi connectivity index (χ0n) is 18.1. The van der Waals surface area contributed by atoms with Crippen LogP contribution in [0.5, 0.6) is 11.5 Å². The summed E-state index contributed by atoms with van der Waals surface area (Å²) in [6.07, 6.45) is 2.34. The van der Waals surface area contributed by atoms with Gasteiger partial charge in [-0.2, -0.15) is 5.10 Å². The minimum atomic E-state index is -0.306. The summed E-state index contributed by atoms with van der Waals surface area (Å²) in [5, 5.41) is 7.16. The van der Waals surface area contributed by atoms with Crippen molar-refractivity contribution >= 4 is 11.8 Å². The first-order chi connectivity index (χ1) is 15.6. The monoisotopic (exact) mass is 435 g/mol. The van der Waals surface area contributed by atoms with Gasteiger partial charge in [0.05, 0.1) is 20.8 Å². The quantitative estimate of drug-likeness (QED) is 0.581. The van der Waals surface area contributed by atoms with Crippen LogP contribution in [0.4, 0.5) is 0 Å². The van der Waals surface area contributed by atoms with Crippen molar-refractivity contribution in [3.8, 4) is 11.5 Å². The van der Waals surface area contributed by atoms with E-state index in [-0.39, 0.29) is 17.5 Å². The molecule has 9 nitrogen and oxygen atoms in total. The summed E-state index contributed by atoms with van der Waals surface area (Å²) in [5.41, 5.74) is 2.44. The van der Waals surface area contributed by atoms with Gasteiger partial charge in [-0.15, -0.1) is 0 Å². The van der Waals surface area contributed by atoms with Gasteiger partial charge in [0.2, 0.25) is 0 Å². The third-order valence-electron chi connectivity index (χ3n) is 5.28. The van der Waals surface area contributed by atoms with Crippen LogP contribution >= 0.6 is 0 Å². The molecule has 0 spiro atoms. The molecule has 1 aliphatic heterocycles. The topological polar surface area (TPSA) is 98.6 Å². The van der Waals surface area contributed by atoms with E-state index in [9.17, 15) is 9.59 Å². The molecule has 1 aromatic carbocycles. The van der Waals surface area contributed by atoms with Crippen LogP contribution in [0.25, 0.3) is 0 Å². The third-order valence-corrected chi connectivity index (χ3v) is 5.28. The van der Waals surface area contributed by atoms with Crippen molar-refractivity contribution in [2.75, 3.05) is 27.3 Å². The van der Waals surface area contributed by atoms with Crippen molar-refractivity contribution in [2.45, 2.75) is 19.5 Å². The largest absolute Gasteiger partial charge is 0.497 e. The first kappa shape index (κ1) is 21.4. The van der Waals surface area contributed by atoms with E-state index in [1.807, 2.05) is 30.3 Å². The van der Waals surface area contributed by atoms with Gasteiger partial charge in [0, 0.05) is 50.1 Å². The lowest BCUT2D eigenvalue weighted by Gasteiger charge is -2.27. The maximum Gasteiger partial charge on any atom is 0.272 e. The Morgan fingerprint density at radius 2 is 1.88 bits per heavy atom. The molecule has 3 aromatic rings. The molecule has 166 valence electrons. The number of aromatic nitrogens is 3. The summed E-state index contributed by atoms with van der Waals surface area (Å²) < 4.78 is 12.2. The van der Waals surface area contributed by atoms with E-state index in [4.69, 9.17) is 9.47 Å². The number of hydrogen-bond donors (Lipinski definition) is 1. The molecule has 0 bridgehead atoms. The maximum absolute atomic E-state index is 13.0. The second kappa shape index (κ2) is 9.51. The molecule has 9 heteroatoms. The lowest BCUT2D eigenvalue weighted by Crippen LogP contribution is -2.39. The minimum absolute atomic E-state index is 0.168.